The summed E-state index contributed by atoms with van der Waals surface area (Å²) >= 11 is 5.25. The molecule has 0 spiro atoms. The number of hydrogen-bond acceptors (Lipinski definition) is 4. The molecule has 6 heteroatoms. The molecule has 18 heavy (non-hydrogen) atoms. The second-order valence-corrected chi connectivity index (χ2v) is 10.2. The normalized spacial score (nSPS) is 29.1. The molecule has 3 rings (SSSR count). The van der Waals surface area contributed by atoms with Gasteiger partial charge in [-0.2, -0.15) is 0 Å². The molecule has 1 N–H and O–H groups in total. The summed E-state index contributed by atoms with van der Waals surface area (Å²) < 4.78 is 24.5. The van der Waals surface area contributed by atoms with Crippen LogP contribution >= 0.6 is 27.3 Å². The summed E-state index contributed by atoms with van der Waals surface area (Å²) in [5.41, 5.74) is 0.174. The van der Waals surface area contributed by atoms with Crippen LogP contribution in [0.4, 0.5) is 0 Å². The predicted molar refractivity (Wildman–Crippen MR) is 77.8 cm³/mol. The smallest absolute Gasteiger partial charge is 0.150 e. The number of rotatable bonds is 3. The van der Waals surface area contributed by atoms with Crippen molar-refractivity contribution in [1.82, 2.24) is 5.32 Å². The zero-order valence-corrected chi connectivity index (χ0v) is 13.2. The van der Waals surface area contributed by atoms with Crippen LogP contribution < -0.4 is 5.32 Å². The maximum absolute atomic E-state index is 11.7. The van der Waals surface area contributed by atoms with Crippen molar-refractivity contribution in [2.75, 3.05) is 24.6 Å². The molecule has 2 aliphatic heterocycles. The molecule has 3 heterocycles. The van der Waals surface area contributed by atoms with E-state index in [4.69, 9.17) is 0 Å². The van der Waals surface area contributed by atoms with Gasteiger partial charge in [0.25, 0.3) is 0 Å². The molecule has 100 valence electrons. The van der Waals surface area contributed by atoms with Gasteiger partial charge in [-0.15, -0.1) is 11.3 Å². The molecule has 0 radical (unpaired) electrons. The third kappa shape index (κ3) is 2.40. The van der Waals surface area contributed by atoms with Crippen LogP contribution in [0.15, 0.2) is 15.9 Å². The fourth-order valence-electron chi connectivity index (χ4n) is 3.08. The number of sulfone groups is 1. The molecule has 0 aromatic carbocycles. The molecule has 1 aromatic rings. The summed E-state index contributed by atoms with van der Waals surface area (Å²) in [7, 11) is -2.78. The van der Waals surface area contributed by atoms with Crippen LogP contribution in [0.5, 0.6) is 0 Å². The van der Waals surface area contributed by atoms with Gasteiger partial charge in [0, 0.05) is 23.4 Å². The molecule has 0 saturated carbocycles. The average molecular weight is 350 g/mol. The topological polar surface area (TPSA) is 46.2 Å². The quantitative estimate of drug-likeness (QED) is 0.908. The summed E-state index contributed by atoms with van der Waals surface area (Å²) in [6.45, 7) is 1.92. The van der Waals surface area contributed by atoms with Gasteiger partial charge in [-0.3, -0.25) is 0 Å². The molecule has 2 saturated heterocycles. The minimum Gasteiger partial charge on any atom is -0.315 e. The van der Waals surface area contributed by atoms with E-state index >= 15 is 0 Å². The molecular formula is C12H16BrNO2S2. The Labute approximate surface area is 120 Å². The Kier molecular flexibility index (Phi) is 3.33. The fourth-order valence-corrected chi connectivity index (χ4v) is 6.66. The lowest BCUT2D eigenvalue weighted by molar-refractivity contribution is 0.0935. The van der Waals surface area contributed by atoms with Crippen molar-refractivity contribution in [1.29, 1.82) is 0 Å². The number of halogens is 1. The Morgan fingerprint density at radius 2 is 2.22 bits per heavy atom. The van der Waals surface area contributed by atoms with Crippen LogP contribution in [0.25, 0.3) is 0 Å². The minimum atomic E-state index is -2.78. The van der Waals surface area contributed by atoms with Gasteiger partial charge in [-0.1, -0.05) is 0 Å². The van der Waals surface area contributed by atoms with Crippen molar-refractivity contribution in [3.05, 3.63) is 20.8 Å². The number of hydrogen-bond donors (Lipinski definition) is 1. The van der Waals surface area contributed by atoms with E-state index in [-0.39, 0.29) is 5.41 Å². The summed E-state index contributed by atoms with van der Waals surface area (Å²) in [4.78, 5) is 1.35. The van der Waals surface area contributed by atoms with Gasteiger partial charge < -0.3 is 5.32 Å². The lowest BCUT2D eigenvalue weighted by atomic mass is 9.68. The molecule has 0 amide bonds. The highest BCUT2D eigenvalue weighted by atomic mass is 79.9. The molecule has 0 aliphatic carbocycles. The highest BCUT2D eigenvalue weighted by Crippen LogP contribution is 2.43. The first-order valence-corrected chi connectivity index (χ1v) is 9.58. The molecule has 1 atom stereocenters. The molecular weight excluding hydrogens is 334 g/mol. The monoisotopic (exact) mass is 349 g/mol. The van der Waals surface area contributed by atoms with Crippen molar-refractivity contribution in [2.24, 2.45) is 11.3 Å². The molecule has 1 unspecified atom stereocenters. The largest absolute Gasteiger partial charge is 0.315 e. The van der Waals surface area contributed by atoms with Crippen LogP contribution in [0.1, 0.15) is 11.3 Å². The SMILES string of the molecule is O=S1(=O)CCC(C2(Cc3ccc(Br)s3)CNC2)C1. The second kappa shape index (κ2) is 4.58. The van der Waals surface area contributed by atoms with Crippen molar-refractivity contribution in [3.8, 4) is 0 Å². The Morgan fingerprint density at radius 3 is 2.67 bits per heavy atom. The van der Waals surface area contributed by atoms with Gasteiger partial charge in [0.15, 0.2) is 9.84 Å². The van der Waals surface area contributed by atoms with Gasteiger partial charge in [-0.05, 0) is 46.8 Å². The fraction of sp³-hybridized carbons (Fsp3) is 0.667. The average Bonchev–Trinajstić information content (AvgIpc) is 2.79. The van der Waals surface area contributed by atoms with E-state index < -0.39 is 9.84 Å². The van der Waals surface area contributed by atoms with E-state index in [1.165, 1.54) is 4.88 Å². The third-order valence-corrected chi connectivity index (χ3v) is 7.60. The maximum atomic E-state index is 11.7. The van der Waals surface area contributed by atoms with Crippen molar-refractivity contribution in [3.63, 3.8) is 0 Å². The van der Waals surface area contributed by atoms with E-state index in [1.807, 2.05) is 0 Å². The zero-order chi connectivity index (χ0) is 12.8. The highest BCUT2D eigenvalue weighted by Gasteiger charge is 2.48. The highest BCUT2D eigenvalue weighted by molar-refractivity contribution is 9.11. The van der Waals surface area contributed by atoms with Gasteiger partial charge >= 0.3 is 0 Å². The van der Waals surface area contributed by atoms with E-state index in [1.54, 1.807) is 11.3 Å². The number of thiophene rings is 1. The molecule has 3 nitrogen and oxygen atoms in total. The Balaban J connectivity index is 1.78. The van der Waals surface area contributed by atoms with Crippen LogP contribution in [-0.4, -0.2) is 33.0 Å². The van der Waals surface area contributed by atoms with Crippen LogP contribution in [0.2, 0.25) is 0 Å². The van der Waals surface area contributed by atoms with Crippen LogP contribution in [0.3, 0.4) is 0 Å². The second-order valence-electron chi connectivity index (χ2n) is 5.45. The summed E-state index contributed by atoms with van der Waals surface area (Å²) in [6.07, 6.45) is 1.85. The van der Waals surface area contributed by atoms with Gasteiger partial charge in [-0.25, -0.2) is 8.42 Å². The number of nitrogens with one attached hydrogen (secondary N) is 1. The first-order chi connectivity index (χ1) is 8.49. The van der Waals surface area contributed by atoms with E-state index in [0.717, 1.165) is 29.7 Å². The van der Waals surface area contributed by atoms with Gasteiger partial charge in [0.05, 0.1) is 15.3 Å². The summed E-state index contributed by atoms with van der Waals surface area (Å²) in [5.74, 6) is 1.11. The maximum Gasteiger partial charge on any atom is 0.150 e. The standard InChI is InChI=1S/C12H16BrNO2S2/c13-11-2-1-10(17-11)5-12(7-14-8-12)9-3-4-18(15,16)6-9/h1-2,9,14H,3-8H2. The molecule has 2 fully saturated rings. The van der Waals surface area contributed by atoms with E-state index in [9.17, 15) is 8.42 Å². The summed E-state index contributed by atoms with van der Waals surface area (Å²) in [6, 6.07) is 4.23. The van der Waals surface area contributed by atoms with Crippen molar-refractivity contribution >= 4 is 37.1 Å². The molecule has 0 bridgehead atoms. The van der Waals surface area contributed by atoms with Gasteiger partial charge in [0.1, 0.15) is 0 Å². The first-order valence-electron chi connectivity index (χ1n) is 6.15. The van der Waals surface area contributed by atoms with Crippen molar-refractivity contribution < 1.29 is 8.42 Å². The van der Waals surface area contributed by atoms with Crippen LogP contribution in [0, 0.1) is 11.3 Å². The molecule has 2 aliphatic rings. The molecule has 1 aromatic heterocycles. The Morgan fingerprint density at radius 1 is 1.44 bits per heavy atom. The lowest BCUT2D eigenvalue weighted by Gasteiger charge is -2.47. The summed E-state index contributed by atoms with van der Waals surface area (Å²) in [5, 5.41) is 3.33. The first kappa shape index (κ1) is 13.1. The Bertz CT molecular complexity index is 548. The predicted octanol–water partition coefficient (Wildman–Crippen LogP) is 2.08. The lowest BCUT2D eigenvalue weighted by Crippen LogP contribution is -2.59. The zero-order valence-electron chi connectivity index (χ0n) is 9.99. The Hall–Kier alpha value is 0.0900. The van der Waals surface area contributed by atoms with Crippen LogP contribution in [-0.2, 0) is 16.3 Å². The minimum absolute atomic E-state index is 0.174. The van der Waals surface area contributed by atoms with E-state index in [2.05, 4.69) is 33.4 Å². The third-order valence-electron chi connectivity index (χ3n) is 4.21. The van der Waals surface area contributed by atoms with E-state index in [0.29, 0.717) is 17.4 Å². The van der Waals surface area contributed by atoms with Gasteiger partial charge in [0.2, 0.25) is 0 Å². The van der Waals surface area contributed by atoms with Crippen molar-refractivity contribution in [2.45, 2.75) is 12.8 Å².